The molecule has 4 aromatic rings. The SMILES string of the molecule is Cc1ccc(Cn2nc(C)c(/C=C/C(=O)Nc3ccc(C)c(-n4cnnn4)c3)c2C)cc1. The van der Waals surface area contributed by atoms with Gasteiger partial charge in [-0.3, -0.25) is 9.48 Å². The molecule has 0 spiro atoms. The Morgan fingerprint density at radius 3 is 2.56 bits per heavy atom. The second kappa shape index (κ2) is 8.97. The molecule has 2 heterocycles. The van der Waals surface area contributed by atoms with Crippen LogP contribution in [0.1, 0.15) is 33.6 Å². The molecule has 0 bridgehead atoms. The van der Waals surface area contributed by atoms with Crippen molar-refractivity contribution in [3.05, 3.63) is 88.5 Å². The summed E-state index contributed by atoms with van der Waals surface area (Å²) in [6.07, 6.45) is 4.87. The summed E-state index contributed by atoms with van der Waals surface area (Å²) in [5.41, 5.74) is 7.74. The molecule has 0 aliphatic rings. The lowest BCUT2D eigenvalue weighted by Crippen LogP contribution is -2.09. The van der Waals surface area contributed by atoms with Crippen LogP contribution in [0.15, 0.2) is 54.9 Å². The van der Waals surface area contributed by atoms with E-state index in [0.717, 1.165) is 28.2 Å². The Hall–Kier alpha value is -4.07. The fourth-order valence-corrected chi connectivity index (χ4v) is 3.52. The van der Waals surface area contributed by atoms with Crippen molar-refractivity contribution in [1.29, 1.82) is 0 Å². The number of nitrogens with one attached hydrogen (secondary N) is 1. The quantitative estimate of drug-likeness (QED) is 0.473. The fourth-order valence-electron chi connectivity index (χ4n) is 3.52. The number of aryl methyl sites for hydroxylation is 3. The summed E-state index contributed by atoms with van der Waals surface area (Å²) >= 11 is 0. The summed E-state index contributed by atoms with van der Waals surface area (Å²) in [6, 6.07) is 14.0. The lowest BCUT2D eigenvalue weighted by atomic mass is 10.1. The van der Waals surface area contributed by atoms with Crippen LogP contribution in [0.4, 0.5) is 5.69 Å². The number of benzene rings is 2. The first-order valence-electron chi connectivity index (χ1n) is 10.3. The third kappa shape index (κ3) is 4.64. The monoisotopic (exact) mass is 427 g/mol. The number of aromatic nitrogens is 6. The van der Waals surface area contributed by atoms with Gasteiger partial charge >= 0.3 is 0 Å². The maximum absolute atomic E-state index is 12.5. The predicted octanol–water partition coefficient (Wildman–Crippen LogP) is 3.79. The molecule has 162 valence electrons. The second-order valence-electron chi connectivity index (χ2n) is 7.81. The molecule has 8 nitrogen and oxygen atoms in total. The molecule has 0 saturated carbocycles. The van der Waals surface area contributed by atoms with Crippen molar-refractivity contribution in [2.45, 2.75) is 34.2 Å². The molecule has 0 saturated heterocycles. The Labute approximate surface area is 186 Å². The van der Waals surface area contributed by atoms with E-state index in [4.69, 9.17) is 0 Å². The minimum absolute atomic E-state index is 0.221. The molecule has 0 fully saturated rings. The topological polar surface area (TPSA) is 90.5 Å². The third-order valence-electron chi connectivity index (χ3n) is 5.36. The van der Waals surface area contributed by atoms with Crippen LogP contribution in [-0.2, 0) is 11.3 Å². The third-order valence-corrected chi connectivity index (χ3v) is 5.36. The van der Waals surface area contributed by atoms with E-state index < -0.39 is 0 Å². The summed E-state index contributed by atoms with van der Waals surface area (Å²) in [7, 11) is 0. The highest BCUT2D eigenvalue weighted by atomic mass is 16.1. The Bertz CT molecular complexity index is 1270. The molecule has 2 aromatic heterocycles. The number of hydrogen-bond donors (Lipinski definition) is 1. The highest BCUT2D eigenvalue weighted by Gasteiger charge is 2.11. The van der Waals surface area contributed by atoms with Gasteiger partial charge in [0.2, 0.25) is 5.91 Å². The number of anilines is 1. The van der Waals surface area contributed by atoms with Crippen molar-refractivity contribution in [2.24, 2.45) is 0 Å². The van der Waals surface area contributed by atoms with Crippen LogP contribution in [-0.4, -0.2) is 35.9 Å². The minimum atomic E-state index is -0.221. The Balaban J connectivity index is 1.48. The van der Waals surface area contributed by atoms with E-state index in [9.17, 15) is 4.79 Å². The molecule has 8 heteroatoms. The van der Waals surface area contributed by atoms with Crippen molar-refractivity contribution < 1.29 is 4.79 Å². The number of amides is 1. The largest absolute Gasteiger partial charge is 0.322 e. The Morgan fingerprint density at radius 1 is 1.06 bits per heavy atom. The number of rotatable bonds is 6. The van der Waals surface area contributed by atoms with Crippen LogP contribution >= 0.6 is 0 Å². The molecule has 0 atom stereocenters. The standard InChI is InChI=1S/C24H25N7O/c1-16-5-8-20(9-6-16)14-30-19(4)22(18(3)27-30)11-12-24(32)26-21-10-7-17(2)23(13-21)31-15-25-28-29-31/h5-13,15H,14H2,1-4H3,(H,26,32)/b12-11+. The van der Waals surface area contributed by atoms with Crippen LogP contribution < -0.4 is 5.32 Å². The van der Waals surface area contributed by atoms with E-state index in [1.165, 1.54) is 23.5 Å². The van der Waals surface area contributed by atoms with Crippen molar-refractivity contribution in [3.63, 3.8) is 0 Å². The maximum atomic E-state index is 12.5. The second-order valence-corrected chi connectivity index (χ2v) is 7.81. The highest BCUT2D eigenvalue weighted by Crippen LogP contribution is 2.19. The van der Waals surface area contributed by atoms with Gasteiger partial charge in [0, 0.05) is 23.0 Å². The minimum Gasteiger partial charge on any atom is -0.322 e. The van der Waals surface area contributed by atoms with Crippen molar-refractivity contribution in [2.75, 3.05) is 5.32 Å². The molecule has 32 heavy (non-hydrogen) atoms. The Kier molecular flexibility index (Phi) is 5.93. The first-order valence-corrected chi connectivity index (χ1v) is 10.3. The summed E-state index contributed by atoms with van der Waals surface area (Å²) < 4.78 is 3.53. The van der Waals surface area contributed by atoms with Gasteiger partial charge in [-0.05, 0) is 67.5 Å². The van der Waals surface area contributed by atoms with Gasteiger partial charge in [-0.2, -0.15) is 5.10 Å². The highest BCUT2D eigenvalue weighted by molar-refractivity contribution is 6.02. The summed E-state index contributed by atoms with van der Waals surface area (Å²) in [4.78, 5) is 12.5. The zero-order chi connectivity index (χ0) is 22.7. The lowest BCUT2D eigenvalue weighted by molar-refractivity contribution is -0.111. The fraction of sp³-hybridized carbons (Fsp3) is 0.208. The maximum Gasteiger partial charge on any atom is 0.248 e. The normalized spacial score (nSPS) is 11.2. The molecular weight excluding hydrogens is 402 g/mol. The Morgan fingerprint density at radius 2 is 1.84 bits per heavy atom. The van der Waals surface area contributed by atoms with Crippen LogP contribution in [0.2, 0.25) is 0 Å². The van der Waals surface area contributed by atoms with Gasteiger partial charge in [-0.15, -0.1) is 5.10 Å². The van der Waals surface area contributed by atoms with Crippen molar-refractivity contribution in [1.82, 2.24) is 30.0 Å². The average molecular weight is 428 g/mol. The number of carbonyl (C=O) groups is 1. The van der Waals surface area contributed by atoms with E-state index in [1.54, 1.807) is 4.68 Å². The molecule has 1 N–H and O–H groups in total. The van der Waals surface area contributed by atoms with Gasteiger partial charge in [0.05, 0.1) is 17.9 Å². The van der Waals surface area contributed by atoms with Gasteiger partial charge < -0.3 is 5.32 Å². The number of carbonyl (C=O) groups excluding carboxylic acids is 1. The van der Waals surface area contributed by atoms with Gasteiger partial charge in [-0.1, -0.05) is 35.9 Å². The van der Waals surface area contributed by atoms with Crippen molar-refractivity contribution in [3.8, 4) is 5.69 Å². The van der Waals surface area contributed by atoms with Gasteiger partial charge in [0.1, 0.15) is 6.33 Å². The number of nitrogens with zero attached hydrogens (tertiary/aromatic N) is 6. The summed E-state index contributed by atoms with van der Waals surface area (Å²) in [6.45, 7) is 8.70. The number of hydrogen-bond acceptors (Lipinski definition) is 5. The summed E-state index contributed by atoms with van der Waals surface area (Å²) in [5.74, 6) is -0.221. The zero-order valence-electron chi connectivity index (χ0n) is 18.6. The van der Waals surface area contributed by atoms with Crippen LogP contribution in [0.3, 0.4) is 0 Å². The van der Waals surface area contributed by atoms with E-state index in [1.807, 2.05) is 49.7 Å². The molecule has 0 unspecified atom stereocenters. The molecule has 0 aliphatic heterocycles. The van der Waals surface area contributed by atoms with Gasteiger partial charge in [0.25, 0.3) is 0 Å². The molecule has 0 radical (unpaired) electrons. The lowest BCUT2D eigenvalue weighted by Gasteiger charge is -2.08. The van der Waals surface area contributed by atoms with Gasteiger partial charge in [-0.25, -0.2) is 4.68 Å². The zero-order valence-corrected chi connectivity index (χ0v) is 18.6. The summed E-state index contributed by atoms with van der Waals surface area (Å²) in [5, 5.41) is 18.8. The first kappa shape index (κ1) is 21.2. The smallest absolute Gasteiger partial charge is 0.248 e. The molecule has 2 aromatic carbocycles. The van der Waals surface area contributed by atoms with Crippen LogP contribution in [0, 0.1) is 27.7 Å². The van der Waals surface area contributed by atoms with Crippen molar-refractivity contribution >= 4 is 17.7 Å². The van der Waals surface area contributed by atoms with E-state index in [0.29, 0.717) is 12.2 Å². The van der Waals surface area contributed by atoms with Crippen LogP contribution in [0.25, 0.3) is 11.8 Å². The molecule has 1 amide bonds. The van der Waals surface area contributed by atoms with E-state index in [-0.39, 0.29) is 5.91 Å². The number of tetrazole rings is 1. The molecule has 0 aliphatic carbocycles. The van der Waals surface area contributed by atoms with Crippen LogP contribution in [0.5, 0.6) is 0 Å². The molecule has 4 rings (SSSR count). The van der Waals surface area contributed by atoms with E-state index >= 15 is 0 Å². The van der Waals surface area contributed by atoms with Gasteiger partial charge in [0.15, 0.2) is 0 Å². The molecular formula is C24H25N7O. The first-order chi connectivity index (χ1) is 15.4. The predicted molar refractivity (Wildman–Crippen MR) is 124 cm³/mol. The average Bonchev–Trinajstić information content (AvgIpc) is 3.39. The van der Waals surface area contributed by atoms with E-state index in [2.05, 4.69) is 57.1 Å².